The molecule has 4 nitrogen and oxygen atoms in total. The quantitative estimate of drug-likeness (QED) is 0.885. The first kappa shape index (κ1) is 15.7. The summed E-state index contributed by atoms with van der Waals surface area (Å²) in [5, 5.41) is 10.3. The van der Waals surface area contributed by atoms with Crippen molar-refractivity contribution in [2.75, 3.05) is 13.1 Å². The van der Waals surface area contributed by atoms with Gasteiger partial charge in [0.1, 0.15) is 9.88 Å². The second kappa shape index (κ2) is 6.83. The molecule has 1 aromatic heterocycles. The van der Waals surface area contributed by atoms with E-state index in [0.29, 0.717) is 17.1 Å². The van der Waals surface area contributed by atoms with Crippen LogP contribution >= 0.6 is 11.3 Å². The van der Waals surface area contributed by atoms with Gasteiger partial charge in [-0.15, -0.1) is 11.3 Å². The topological polar surface area (TPSA) is 53.4 Å². The maximum absolute atomic E-state index is 11.5. The Bertz CT molecular complexity index is 616. The van der Waals surface area contributed by atoms with Gasteiger partial charge in [-0.25, -0.2) is 9.78 Å². The van der Waals surface area contributed by atoms with E-state index in [1.54, 1.807) is 0 Å². The normalized spacial score (nSPS) is 11.0. The van der Waals surface area contributed by atoms with Gasteiger partial charge < -0.3 is 5.11 Å². The van der Waals surface area contributed by atoms with E-state index in [1.807, 2.05) is 31.2 Å². The summed E-state index contributed by atoms with van der Waals surface area (Å²) in [5.41, 5.74) is 2.59. The average molecular weight is 304 g/mol. The Hall–Kier alpha value is -1.72. The first-order valence-electron chi connectivity index (χ1n) is 7.07. The molecule has 2 rings (SSSR count). The summed E-state index contributed by atoms with van der Waals surface area (Å²) in [6.45, 7) is 8.75. The fourth-order valence-electron chi connectivity index (χ4n) is 2.12. The van der Waals surface area contributed by atoms with E-state index in [2.05, 4.69) is 23.7 Å². The molecule has 5 heteroatoms. The van der Waals surface area contributed by atoms with Gasteiger partial charge in [0.25, 0.3) is 0 Å². The fourth-order valence-corrected chi connectivity index (χ4v) is 3.09. The highest BCUT2D eigenvalue weighted by molar-refractivity contribution is 7.14. The molecule has 1 heterocycles. The SMILES string of the molecule is CCN(CC)Cc1nc(-c2ccc(C)cc2)c(C(=O)O)s1. The van der Waals surface area contributed by atoms with Gasteiger partial charge in [0.05, 0.1) is 12.2 Å². The van der Waals surface area contributed by atoms with Crippen molar-refractivity contribution in [1.82, 2.24) is 9.88 Å². The largest absolute Gasteiger partial charge is 0.477 e. The average Bonchev–Trinajstić information content (AvgIpc) is 2.89. The number of carboxylic acids is 1. The van der Waals surface area contributed by atoms with Gasteiger partial charge in [0.2, 0.25) is 0 Å². The van der Waals surface area contributed by atoms with Crippen LogP contribution in [-0.4, -0.2) is 34.0 Å². The molecule has 0 saturated carbocycles. The summed E-state index contributed by atoms with van der Waals surface area (Å²) >= 11 is 1.27. The van der Waals surface area contributed by atoms with E-state index in [9.17, 15) is 9.90 Å². The number of aromatic carboxylic acids is 1. The van der Waals surface area contributed by atoms with Crippen molar-refractivity contribution in [2.45, 2.75) is 27.3 Å². The van der Waals surface area contributed by atoms with Crippen molar-refractivity contribution in [3.63, 3.8) is 0 Å². The molecule has 112 valence electrons. The molecule has 2 aromatic rings. The smallest absolute Gasteiger partial charge is 0.348 e. The third kappa shape index (κ3) is 3.68. The zero-order valence-electron chi connectivity index (χ0n) is 12.6. The lowest BCUT2D eigenvalue weighted by atomic mass is 10.1. The third-order valence-corrected chi connectivity index (χ3v) is 4.47. The minimum Gasteiger partial charge on any atom is -0.477 e. The number of thiazole rings is 1. The molecule has 0 spiro atoms. The standard InChI is InChI=1S/C16H20N2O2S/c1-4-18(5-2)10-13-17-14(15(21-13)16(19)20)12-8-6-11(3)7-9-12/h6-9H,4-5,10H2,1-3H3,(H,19,20). The van der Waals surface area contributed by atoms with Gasteiger partial charge in [0, 0.05) is 5.56 Å². The molecular weight excluding hydrogens is 284 g/mol. The van der Waals surface area contributed by atoms with Crippen LogP contribution in [0.5, 0.6) is 0 Å². The number of hydrogen-bond donors (Lipinski definition) is 1. The molecule has 0 aliphatic carbocycles. The summed E-state index contributed by atoms with van der Waals surface area (Å²) < 4.78 is 0. The monoisotopic (exact) mass is 304 g/mol. The molecule has 0 unspecified atom stereocenters. The first-order chi connectivity index (χ1) is 10.0. The molecule has 0 saturated heterocycles. The van der Waals surface area contributed by atoms with Gasteiger partial charge >= 0.3 is 5.97 Å². The van der Waals surface area contributed by atoms with E-state index >= 15 is 0 Å². The Kier molecular flexibility index (Phi) is 5.09. The second-order valence-electron chi connectivity index (χ2n) is 4.92. The zero-order valence-corrected chi connectivity index (χ0v) is 13.4. The number of rotatable bonds is 6. The number of aryl methyl sites for hydroxylation is 1. The van der Waals surface area contributed by atoms with E-state index in [4.69, 9.17) is 0 Å². The number of hydrogen-bond acceptors (Lipinski definition) is 4. The van der Waals surface area contributed by atoms with Crippen LogP contribution in [0.1, 0.15) is 34.1 Å². The summed E-state index contributed by atoms with van der Waals surface area (Å²) in [5.74, 6) is -0.908. The lowest BCUT2D eigenvalue weighted by Gasteiger charge is -2.15. The highest BCUT2D eigenvalue weighted by atomic mass is 32.1. The second-order valence-corrected chi connectivity index (χ2v) is 6.00. The van der Waals surface area contributed by atoms with Crippen LogP contribution in [0.15, 0.2) is 24.3 Å². The van der Waals surface area contributed by atoms with Crippen molar-refractivity contribution in [3.8, 4) is 11.3 Å². The van der Waals surface area contributed by atoms with Crippen LogP contribution in [0.4, 0.5) is 0 Å². The van der Waals surface area contributed by atoms with Crippen LogP contribution in [0, 0.1) is 6.92 Å². The lowest BCUT2D eigenvalue weighted by molar-refractivity contribution is 0.0702. The summed E-state index contributed by atoms with van der Waals surface area (Å²) in [6.07, 6.45) is 0. The van der Waals surface area contributed by atoms with Crippen LogP contribution in [0.2, 0.25) is 0 Å². The van der Waals surface area contributed by atoms with Crippen LogP contribution in [-0.2, 0) is 6.54 Å². The highest BCUT2D eigenvalue weighted by Crippen LogP contribution is 2.29. The maximum Gasteiger partial charge on any atom is 0.348 e. The Balaban J connectivity index is 2.38. The lowest BCUT2D eigenvalue weighted by Crippen LogP contribution is -2.21. The highest BCUT2D eigenvalue weighted by Gasteiger charge is 2.19. The molecule has 0 atom stereocenters. The molecule has 0 aliphatic rings. The molecule has 0 radical (unpaired) electrons. The van der Waals surface area contributed by atoms with Crippen LogP contribution in [0.3, 0.4) is 0 Å². The summed E-state index contributed by atoms with van der Waals surface area (Å²) in [7, 11) is 0. The molecule has 0 bridgehead atoms. The fraction of sp³-hybridized carbons (Fsp3) is 0.375. The number of carbonyl (C=O) groups is 1. The number of nitrogens with zero attached hydrogens (tertiary/aromatic N) is 2. The van der Waals surface area contributed by atoms with Crippen molar-refractivity contribution in [2.24, 2.45) is 0 Å². The predicted octanol–water partition coefficient (Wildman–Crippen LogP) is 3.66. The zero-order chi connectivity index (χ0) is 15.4. The molecule has 1 N–H and O–H groups in total. The van der Waals surface area contributed by atoms with Crippen LogP contribution in [0.25, 0.3) is 11.3 Å². The summed E-state index contributed by atoms with van der Waals surface area (Å²) in [4.78, 5) is 18.6. The molecule has 1 aromatic carbocycles. The van der Waals surface area contributed by atoms with E-state index in [-0.39, 0.29) is 0 Å². The van der Waals surface area contributed by atoms with Gasteiger partial charge in [0.15, 0.2) is 0 Å². The third-order valence-electron chi connectivity index (χ3n) is 3.44. The molecule has 21 heavy (non-hydrogen) atoms. The van der Waals surface area contributed by atoms with Crippen molar-refractivity contribution in [3.05, 3.63) is 39.7 Å². The van der Waals surface area contributed by atoms with Gasteiger partial charge in [-0.05, 0) is 20.0 Å². The van der Waals surface area contributed by atoms with Crippen LogP contribution < -0.4 is 0 Å². The number of benzene rings is 1. The van der Waals surface area contributed by atoms with Crippen molar-refractivity contribution < 1.29 is 9.90 Å². The molecule has 0 amide bonds. The minimum absolute atomic E-state index is 0.320. The first-order valence-corrected chi connectivity index (χ1v) is 7.89. The maximum atomic E-state index is 11.5. The van der Waals surface area contributed by atoms with Gasteiger partial charge in [-0.1, -0.05) is 43.7 Å². The van der Waals surface area contributed by atoms with E-state index < -0.39 is 5.97 Å². The Morgan fingerprint density at radius 3 is 2.38 bits per heavy atom. The van der Waals surface area contributed by atoms with E-state index in [0.717, 1.165) is 29.2 Å². The molecular formula is C16H20N2O2S. The van der Waals surface area contributed by atoms with Crippen molar-refractivity contribution >= 4 is 17.3 Å². The Morgan fingerprint density at radius 2 is 1.86 bits per heavy atom. The Morgan fingerprint density at radius 1 is 1.24 bits per heavy atom. The molecule has 0 aliphatic heterocycles. The predicted molar refractivity (Wildman–Crippen MR) is 85.9 cm³/mol. The van der Waals surface area contributed by atoms with Gasteiger partial charge in [-0.2, -0.15) is 0 Å². The molecule has 0 fully saturated rings. The van der Waals surface area contributed by atoms with E-state index in [1.165, 1.54) is 11.3 Å². The van der Waals surface area contributed by atoms with Crippen molar-refractivity contribution in [1.29, 1.82) is 0 Å². The minimum atomic E-state index is -0.908. The number of aromatic nitrogens is 1. The summed E-state index contributed by atoms with van der Waals surface area (Å²) in [6, 6.07) is 7.81. The number of carboxylic acid groups (broad SMARTS) is 1. The Labute approximate surface area is 129 Å². The van der Waals surface area contributed by atoms with Gasteiger partial charge in [-0.3, -0.25) is 4.90 Å².